The molecule has 0 atom stereocenters. The van der Waals surface area contributed by atoms with Gasteiger partial charge in [0.05, 0.1) is 0 Å². The summed E-state index contributed by atoms with van der Waals surface area (Å²) in [6, 6.07) is 11.6. The summed E-state index contributed by atoms with van der Waals surface area (Å²) in [5, 5.41) is 14.7. The zero-order valence-corrected chi connectivity index (χ0v) is 17.8. The van der Waals surface area contributed by atoms with Gasteiger partial charge in [-0.3, -0.25) is 0 Å². The molecule has 0 unspecified atom stereocenters. The Kier molecular flexibility index (Phi) is 9.13. The van der Waals surface area contributed by atoms with Crippen LogP contribution in [-0.2, 0) is 0 Å². The van der Waals surface area contributed by atoms with Gasteiger partial charge in [0.2, 0.25) is 0 Å². The van der Waals surface area contributed by atoms with Crippen molar-refractivity contribution >= 4 is 26.2 Å². The molecule has 0 radical (unpaired) electrons. The summed E-state index contributed by atoms with van der Waals surface area (Å²) in [7, 11) is 0. The van der Waals surface area contributed by atoms with Crippen molar-refractivity contribution in [2.45, 2.75) is 27.7 Å². The van der Waals surface area contributed by atoms with Crippen LogP contribution in [0.1, 0.15) is 39.1 Å². The fourth-order valence-corrected chi connectivity index (χ4v) is 4.12. The molecular weight excluding hydrogens is 403 g/mol. The summed E-state index contributed by atoms with van der Waals surface area (Å²) in [6.07, 6.45) is 3.50. The standard InChI is InChI=1S/C16H14N6Se.2C2H6/c17-15(18)11-3-1-9(7-21-11)13-5-6-14(23-13)10-2-4-12(16(19)20)22-8-10;2*1-2/h1-8H,(H3,17,18)(H3,19,20);2*1-2H3. The Bertz CT molecular complexity index is 794. The van der Waals surface area contributed by atoms with Gasteiger partial charge < -0.3 is 0 Å². The minimum absolute atomic E-state index is 0.0297. The van der Waals surface area contributed by atoms with Crippen molar-refractivity contribution in [3.63, 3.8) is 0 Å². The van der Waals surface area contributed by atoms with Crippen LogP contribution in [0, 0.1) is 10.8 Å². The average Bonchev–Trinajstić information content (AvgIpc) is 3.21. The third-order valence-corrected chi connectivity index (χ3v) is 5.74. The number of hydrogen-bond acceptors (Lipinski definition) is 4. The summed E-state index contributed by atoms with van der Waals surface area (Å²) in [5.41, 5.74) is 13.9. The number of nitrogen functional groups attached to an aromatic ring is 2. The van der Waals surface area contributed by atoms with Crippen molar-refractivity contribution in [2.75, 3.05) is 0 Å². The van der Waals surface area contributed by atoms with E-state index in [1.807, 2.05) is 39.8 Å². The van der Waals surface area contributed by atoms with Crippen molar-refractivity contribution in [2.24, 2.45) is 11.5 Å². The molecular formula is C20H26N6Se. The van der Waals surface area contributed by atoms with E-state index < -0.39 is 0 Å². The van der Waals surface area contributed by atoms with Crippen molar-refractivity contribution < 1.29 is 0 Å². The molecule has 6 N–H and O–H groups in total. The van der Waals surface area contributed by atoms with Gasteiger partial charge in [0, 0.05) is 0 Å². The van der Waals surface area contributed by atoms with E-state index in [0.29, 0.717) is 11.4 Å². The molecule has 6 nitrogen and oxygen atoms in total. The molecule has 27 heavy (non-hydrogen) atoms. The Labute approximate surface area is 166 Å². The second-order valence-electron chi connectivity index (χ2n) is 4.86. The van der Waals surface area contributed by atoms with Crippen LogP contribution in [-0.4, -0.2) is 36.1 Å². The normalized spacial score (nSPS) is 9.33. The zero-order chi connectivity index (χ0) is 20.4. The summed E-state index contributed by atoms with van der Waals surface area (Å²) in [6.45, 7) is 8.00. The van der Waals surface area contributed by atoms with Gasteiger partial charge in [0.15, 0.2) is 0 Å². The molecule has 0 spiro atoms. The van der Waals surface area contributed by atoms with Crippen molar-refractivity contribution in [1.82, 2.24) is 9.97 Å². The molecule has 3 aromatic rings. The number of pyridine rings is 2. The molecule has 142 valence electrons. The molecule has 3 heterocycles. The second-order valence-corrected chi connectivity index (χ2v) is 7.13. The van der Waals surface area contributed by atoms with E-state index in [-0.39, 0.29) is 26.2 Å². The van der Waals surface area contributed by atoms with E-state index in [2.05, 4.69) is 22.1 Å². The summed E-state index contributed by atoms with van der Waals surface area (Å²) in [5.74, 6) is -0.0594. The van der Waals surface area contributed by atoms with Crippen LogP contribution < -0.4 is 11.5 Å². The first-order chi connectivity index (χ1) is 13.0. The van der Waals surface area contributed by atoms with Crippen LogP contribution in [0.25, 0.3) is 20.0 Å². The molecule has 0 aliphatic rings. The third kappa shape index (κ3) is 5.88. The molecule has 0 bridgehead atoms. The molecule has 0 saturated heterocycles. The monoisotopic (exact) mass is 430 g/mol. The van der Waals surface area contributed by atoms with Crippen molar-refractivity contribution in [3.8, 4) is 20.0 Å². The van der Waals surface area contributed by atoms with Gasteiger partial charge in [-0.25, -0.2) is 0 Å². The molecule has 0 aliphatic carbocycles. The van der Waals surface area contributed by atoms with E-state index in [1.165, 1.54) is 8.87 Å². The number of aromatic nitrogens is 2. The summed E-state index contributed by atoms with van der Waals surface area (Å²) < 4.78 is 2.43. The molecule has 0 saturated carbocycles. The third-order valence-electron chi connectivity index (χ3n) is 3.25. The van der Waals surface area contributed by atoms with E-state index in [1.54, 1.807) is 24.5 Å². The Balaban J connectivity index is 0.000000855. The van der Waals surface area contributed by atoms with Gasteiger partial charge in [-0.05, 0) is 0 Å². The van der Waals surface area contributed by atoms with Gasteiger partial charge in [0.25, 0.3) is 0 Å². The fraction of sp³-hybridized carbons (Fsp3) is 0.200. The number of nitrogens with zero attached hydrogens (tertiary/aromatic N) is 2. The SMILES string of the molecule is CC.CC.N=C(N)c1ccc(-c2ccc(-c3ccc(C(=N)N)nc3)[se]2)cn1. The van der Waals surface area contributed by atoms with Crippen LogP contribution in [0.4, 0.5) is 0 Å². The van der Waals surface area contributed by atoms with E-state index in [9.17, 15) is 0 Å². The summed E-state index contributed by atoms with van der Waals surface area (Å²) >= 11 is 0.152. The maximum atomic E-state index is 7.37. The molecule has 3 aromatic heterocycles. The first kappa shape index (κ1) is 22.3. The predicted octanol–water partition coefficient (Wildman–Crippen LogP) is 3.49. The van der Waals surface area contributed by atoms with Gasteiger partial charge in [0.1, 0.15) is 0 Å². The van der Waals surface area contributed by atoms with Crippen LogP contribution in [0.15, 0.2) is 48.8 Å². The van der Waals surface area contributed by atoms with Gasteiger partial charge in [-0.15, -0.1) is 0 Å². The molecule has 0 amide bonds. The second kappa shape index (κ2) is 11.1. The Morgan fingerprint density at radius 3 is 1.33 bits per heavy atom. The van der Waals surface area contributed by atoms with Gasteiger partial charge >= 0.3 is 139 Å². The number of amidine groups is 2. The number of hydrogen-bond donors (Lipinski definition) is 4. The molecule has 7 heteroatoms. The quantitative estimate of drug-likeness (QED) is 0.288. The predicted molar refractivity (Wildman–Crippen MR) is 115 cm³/mol. The first-order valence-electron chi connectivity index (χ1n) is 8.76. The topological polar surface area (TPSA) is 126 Å². The molecule has 0 aromatic carbocycles. The number of nitrogens with one attached hydrogen (secondary N) is 2. The number of rotatable bonds is 4. The Morgan fingerprint density at radius 1 is 0.704 bits per heavy atom. The van der Waals surface area contributed by atoms with Gasteiger partial charge in [-0.2, -0.15) is 0 Å². The van der Waals surface area contributed by atoms with Crippen LogP contribution >= 0.6 is 0 Å². The maximum absolute atomic E-state index is 7.37. The zero-order valence-electron chi connectivity index (χ0n) is 16.1. The molecule has 0 fully saturated rings. The average molecular weight is 429 g/mol. The van der Waals surface area contributed by atoms with E-state index in [4.69, 9.17) is 22.3 Å². The van der Waals surface area contributed by atoms with E-state index >= 15 is 0 Å². The number of nitrogens with two attached hydrogens (primary N) is 2. The molecule has 3 rings (SSSR count). The minimum atomic E-state index is -0.0297. The van der Waals surface area contributed by atoms with Crippen molar-refractivity contribution in [3.05, 3.63) is 60.2 Å². The fourth-order valence-electron chi connectivity index (χ4n) is 2.05. The van der Waals surface area contributed by atoms with Gasteiger partial charge in [-0.1, -0.05) is 27.7 Å². The van der Waals surface area contributed by atoms with E-state index in [0.717, 1.165) is 11.1 Å². The Morgan fingerprint density at radius 2 is 1.07 bits per heavy atom. The summed E-state index contributed by atoms with van der Waals surface area (Å²) in [4.78, 5) is 8.40. The van der Waals surface area contributed by atoms with Crippen LogP contribution in [0.3, 0.4) is 0 Å². The Hall–Kier alpha value is -2.76. The van der Waals surface area contributed by atoms with Crippen molar-refractivity contribution in [1.29, 1.82) is 10.8 Å². The molecule has 0 aliphatic heterocycles. The van der Waals surface area contributed by atoms with Crippen LogP contribution in [0.2, 0.25) is 0 Å². The van der Waals surface area contributed by atoms with Crippen LogP contribution in [0.5, 0.6) is 0 Å². The first-order valence-corrected chi connectivity index (χ1v) is 10.5.